The van der Waals surface area contributed by atoms with Gasteiger partial charge in [0.25, 0.3) is 0 Å². The molecule has 1 amide bonds. The number of aliphatic hydroxyl groups is 1. The van der Waals surface area contributed by atoms with Crippen LogP contribution in [-0.2, 0) is 20.9 Å². The maximum absolute atomic E-state index is 13.5. The van der Waals surface area contributed by atoms with Crippen LogP contribution >= 0.6 is 11.6 Å². The van der Waals surface area contributed by atoms with Crippen LogP contribution in [0.4, 0.5) is 4.39 Å². The molecule has 7 heteroatoms. The van der Waals surface area contributed by atoms with Crippen molar-refractivity contribution in [2.75, 3.05) is 6.61 Å². The van der Waals surface area contributed by atoms with E-state index in [0.717, 1.165) is 12.1 Å². The number of amides is 1. The lowest BCUT2D eigenvalue weighted by Gasteiger charge is -2.21. The van der Waals surface area contributed by atoms with Crippen LogP contribution in [0.3, 0.4) is 0 Å². The molecule has 5 nitrogen and oxygen atoms in total. The van der Waals surface area contributed by atoms with Gasteiger partial charge < -0.3 is 15.2 Å². The minimum atomic E-state index is -0.785. The Kier molecular flexibility index (Phi) is 5.91. The number of aliphatic hydroxyl groups excluding tert-OH is 1. The van der Waals surface area contributed by atoms with E-state index in [9.17, 15) is 19.1 Å². The highest BCUT2D eigenvalue weighted by Gasteiger charge is 2.20. The van der Waals surface area contributed by atoms with Gasteiger partial charge in [-0.3, -0.25) is 9.59 Å². The molecular weight excluding hydrogens is 289 g/mol. The smallest absolute Gasteiger partial charge is 0.302 e. The molecule has 1 unspecified atom stereocenters. The van der Waals surface area contributed by atoms with Gasteiger partial charge in [0.1, 0.15) is 12.4 Å². The highest BCUT2D eigenvalue weighted by atomic mass is 35.5. The number of halogens is 2. The molecule has 0 heterocycles. The first-order valence-electron chi connectivity index (χ1n) is 5.84. The first-order valence-corrected chi connectivity index (χ1v) is 6.22. The molecule has 0 aromatic heterocycles. The standard InChI is InChI=1S/C13H15ClFNO4/c1-7(18)16-13(6-20-8(2)19)10-3-9(15)4-12(14)11(10)5-17/h3-4,13,17H,5-6H2,1-2H3,(H,16,18). The summed E-state index contributed by atoms with van der Waals surface area (Å²) in [6.07, 6.45) is 0. The third-order valence-corrected chi connectivity index (χ3v) is 2.90. The number of esters is 1. The Balaban J connectivity index is 3.17. The van der Waals surface area contributed by atoms with Crippen LogP contribution in [0, 0.1) is 5.82 Å². The zero-order valence-corrected chi connectivity index (χ0v) is 11.8. The largest absolute Gasteiger partial charge is 0.463 e. The highest BCUT2D eigenvalue weighted by Crippen LogP contribution is 2.27. The minimum absolute atomic E-state index is 0.0423. The molecule has 0 saturated heterocycles. The first-order chi connectivity index (χ1) is 9.35. The summed E-state index contributed by atoms with van der Waals surface area (Å²) in [7, 11) is 0. The summed E-state index contributed by atoms with van der Waals surface area (Å²) in [5.74, 6) is -1.53. The predicted octanol–water partition coefficient (Wildman–Crippen LogP) is 1.71. The van der Waals surface area contributed by atoms with E-state index in [0.29, 0.717) is 0 Å². The van der Waals surface area contributed by atoms with Crippen molar-refractivity contribution in [1.29, 1.82) is 0 Å². The maximum atomic E-state index is 13.5. The molecule has 1 aromatic carbocycles. The van der Waals surface area contributed by atoms with Crippen molar-refractivity contribution in [3.8, 4) is 0 Å². The second-order valence-electron chi connectivity index (χ2n) is 4.17. The lowest BCUT2D eigenvalue weighted by Crippen LogP contribution is -2.31. The molecule has 1 aromatic rings. The number of rotatable bonds is 5. The Morgan fingerprint density at radius 2 is 2.10 bits per heavy atom. The Morgan fingerprint density at radius 1 is 1.45 bits per heavy atom. The van der Waals surface area contributed by atoms with Gasteiger partial charge in [-0.05, 0) is 17.7 Å². The van der Waals surface area contributed by atoms with Crippen LogP contribution in [0.1, 0.15) is 31.0 Å². The molecule has 1 atom stereocenters. The van der Waals surface area contributed by atoms with E-state index >= 15 is 0 Å². The van der Waals surface area contributed by atoms with Crippen molar-refractivity contribution >= 4 is 23.5 Å². The average Bonchev–Trinajstić information content (AvgIpc) is 2.33. The zero-order chi connectivity index (χ0) is 15.3. The minimum Gasteiger partial charge on any atom is -0.463 e. The van der Waals surface area contributed by atoms with E-state index in [4.69, 9.17) is 16.3 Å². The van der Waals surface area contributed by atoms with E-state index < -0.39 is 24.4 Å². The summed E-state index contributed by atoms with van der Waals surface area (Å²) in [4.78, 5) is 22.1. The number of ether oxygens (including phenoxy) is 1. The third kappa shape index (κ3) is 4.47. The summed E-state index contributed by atoms with van der Waals surface area (Å²) in [5, 5.41) is 11.9. The number of hydrogen-bond acceptors (Lipinski definition) is 4. The van der Waals surface area contributed by atoms with Gasteiger partial charge in [0, 0.05) is 24.4 Å². The van der Waals surface area contributed by atoms with Crippen LogP contribution in [0.2, 0.25) is 5.02 Å². The summed E-state index contributed by atoms with van der Waals surface area (Å²) in [5.41, 5.74) is 0.549. The lowest BCUT2D eigenvalue weighted by molar-refractivity contribution is -0.142. The first kappa shape index (κ1) is 16.4. The van der Waals surface area contributed by atoms with Gasteiger partial charge in [-0.1, -0.05) is 11.6 Å². The van der Waals surface area contributed by atoms with Crippen LogP contribution in [-0.4, -0.2) is 23.6 Å². The quantitative estimate of drug-likeness (QED) is 0.812. The average molecular weight is 304 g/mol. The predicted molar refractivity (Wildman–Crippen MR) is 70.5 cm³/mol. The molecule has 0 aliphatic heterocycles. The fourth-order valence-corrected chi connectivity index (χ4v) is 2.03. The van der Waals surface area contributed by atoms with Gasteiger partial charge in [0.05, 0.1) is 12.6 Å². The molecule has 0 aliphatic carbocycles. The topological polar surface area (TPSA) is 75.6 Å². The third-order valence-electron chi connectivity index (χ3n) is 2.56. The lowest BCUT2D eigenvalue weighted by atomic mass is 10.0. The number of benzene rings is 1. The molecule has 0 aliphatic rings. The van der Waals surface area contributed by atoms with Crippen molar-refractivity contribution in [3.05, 3.63) is 34.1 Å². The van der Waals surface area contributed by atoms with Gasteiger partial charge in [0.2, 0.25) is 5.91 Å². The molecule has 110 valence electrons. The Labute approximate surface area is 120 Å². The van der Waals surface area contributed by atoms with Crippen molar-refractivity contribution in [3.63, 3.8) is 0 Å². The van der Waals surface area contributed by atoms with Gasteiger partial charge in [-0.25, -0.2) is 4.39 Å². The van der Waals surface area contributed by atoms with E-state index in [2.05, 4.69) is 5.32 Å². The molecular formula is C13H15ClFNO4. The molecule has 0 fully saturated rings. The number of nitrogens with one attached hydrogen (secondary N) is 1. The Morgan fingerprint density at radius 3 is 2.60 bits per heavy atom. The van der Waals surface area contributed by atoms with Crippen LogP contribution in [0.15, 0.2) is 12.1 Å². The number of carbonyl (C=O) groups excluding carboxylic acids is 2. The SMILES string of the molecule is CC(=O)NC(COC(C)=O)c1cc(F)cc(Cl)c1CO. The van der Waals surface area contributed by atoms with Crippen LogP contribution in [0.5, 0.6) is 0 Å². The highest BCUT2D eigenvalue weighted by molar-refractivity contribution is 6.31. The number of hydrogen-bond donors (Lipinski definition) is 2. The summed E-state index contributed by atoms with van der Waals surface area (Å²) in [6.45, 7) is 1.89. The number of carbonyl (C=O) groups is 2. The van der Waals surface area contributed by atoms with Crippen molar-refractivity contribution in [2.45, 2.75) is 26.5 Å². The molecule has 0 bridgehead atoms. The summed E-state index contributed by atoms with van der Waals surface area (Å²) in [6, 6.07) is 1.42. The van der Waals surface area contributed by atoms with Gasteiger partial charge in [-0.2, -0.15) is 0 Å². The van der Waals surface area contributed by atoms with E-state index in [1.807, 2.05) is 0 Å². The Hall–Kier alpha value is -1.66. The summed E-state index contributed by atoms with van der Waals surface area (Å²) < 4.78 is 18.3. The fourth-order valence-electron chi connectivity index (χ4n) is 1.76. The zero-order valence-electron chi connectivity index (χ0n) is 11.1. The van der Waals surface area contributed by atoms with E-state index in [-0.39, 0.29) is 28.7 Å². The van der Waals surface area contributed by atoms with Gasteiger partial charge in [0.15, 0.2) is 0 Å². The summed E-state index contributed by atoms with van der Waals surface area (Å²) >= 11 is 5.86. The van der Waals surface area contributed by atoms with Crippen molar-refractivity contribution in [2.24, 2.45) is 0 Å². The van der Waals surface area contributed by atoms with Gasteiger partial charge in [-0.15, -0.1) is 0 Å². The molecule has 20 heavy (non-hydrogen) atoms. The molecule has 0 spiro atoms. The van der Waals surface area contributed by atoms with Gasteiger partial charge >= 0.3 is 5.97 Å². The molecule has 1 rings (SSSR count). The molecule has 0 radical (unpaired) electrons. The van der Waals surface area contributed by atoms with Crippen LogP contribution in [0.25, 0.3) is 0 Å². The van der Waals surface area contributed by atoms with E-state index in [1.165, 1.54) is 13.8 Å². The van der Waals surface area contributed by atoms with Crippen molar-refractivity contribution in [1.82, 2.24) is 5.32 Å². The van der Waals surface area contributed by atoms with Crippen LogP contribution < -0.4 is 5.32 Å². The fraction of sp³-hybridized carbons (Fsp3) is 0.385. The normalized spacial score (nSPS) is 11.8. The maximum Gasteiger partial charge on any atom is 0.302 e. The van der Waals surface area contributed by atoms with Crippen molar-refractivity contribution < 1.29 is 23.8 Å². The van der Waals surface area contributed by atoms with E-state index in [1.54, 1.807) is 0 Å². The molecule has 0 saturated carbocycles. The monoisotopic (exact) mass is 303 g/mol. The second kappa shape index (κ2) is 7.21. The Bertz CT molecular complexity index is 521. The second-order valence-corrected chi connectivity index (χ2v) is 4.58. The molecule has 2 N–H and O–H groups in total.